The summed E-state index contributed by atoms with van der Waals surface area (Å²) in [5, 5.41) is 11.0. The molecule has 2 atom stereocenters. The van der Waals surface area contributed by atoms with E-state index in [0.29, 0.717) is 17.9 Å². The highest BCUT2D eigenvalue weighted by molar-refractivity contribution is 7.27. The molecule has 1 heterocycles. The first kappa shape index (κ1) is 19.0. The third-order valence-corrected chi connectivity index (χ3v) is 8.53. The van der Waals surface area contributed by atoms with Gasteiger partial charge in [-0.1, -0.05) is 30.4 Å². The van der Waals surface area contributed by atoms with Crippen molar-refractivity contribution in [1.82, 2.24) is 0 Å². The fourth-order valence-electron chi connectivity index (χ4n) is 7.30. The molecule has 1 aromatic carbocycles. The third kappa shape index (κ3) is 3.40. The molecule has 0 N–H and O–H groups in total. The topological polar surface area (TPSA) is 34.0 Å². The minimum Gasteiger partial charge on any atom is -0.489 e. The molecule has 30 heavy (non-hydrogen) atoms. The number of allylic oxidation sites excluding steroid dienone is 3. The summed E-state index contributed by atoms with van der Waals surface area (Å²) in [6, 6.07) is 8.16. The van der Waals surface area contributed by atoms with E-state index in [2.05, 4.69) is 39.6 Å². The molecule has 0 radical (unpaired) electrons. The van der Waals surface area contributed by atoms with E-state index in [1.165, 1.54) is 44.2 Å². The maximum Gasteiger partial charge on any atom is 0.120 e. The summed E-state index contributed by atoms with van der Waals surface area (Å²) in [5.41, 5.74) is 4.03. The van der Waals surface area contributed by atoms with Crippen LogP contribution in [0.5, 0.6) is 5.75 Å². The Morgan fingerprint density at radius 2 is 1.80 bits per heavy atom. The van der Waals surface area contributed by atoms with Gasteiger partial charge in [0.2, 0.25) is 0 Å². The molecular weight excluding hydrogens is 387 g/mol. The maximum atomic E-state index is 6.10. The SMILES string of the molecule is Pc1cccc(OC/C2=C/C=C\C3CCC2=NN=C3C23CC4CC(CC(C4)C2)C3)c1. The summed E-state index contributed by atoms with van der Waals surface area (Å²) in [6.45, 7) is 0.546. The van der Waals surface area contributed by atoms with E-state index in [9.17, 15) is 0 Å². The van der Waals surface area contributed by atoms with Crippen LogP contribution < -0.4 is 10.0 Å². The third-order valence-electron chi connectivity index (χ3n) is 8.17. The van der Waals surface area contributed by atoms with Crippen LogP contribution in [0.25, 0.3) is 0 Å². The van der Waals surface area contributed by atoms with Gasteiger partial charge in [0.15, 0.2) is 0 Å². The van der Waals surface area contributed by atoms with Crippen molar-refractivity contribution in [3.05, 3.63) is 48.1 Å². The average Bonchev–Trinajstić information content (AvgIpc) is 2.86. The smallest absolute Gasteiger partial charge is 0.120 e. The molecule has 5 aliphatic carbocycles. The van der Waals surface area contributed by atoms with Crippen LogP contribution in [0, 0.1) is 29.1 Å². The number of hydrogen-bond acceptors (Lipinski definition) is 3. The molecule has 2 unspecified atom stereocenters. The van der Waals surface area contributed by atoms with Crippen molar-refractivity contribution in [3.63, 3.8) is 0 Å². The standard InChI is InChI=1S/C26H31N2OP/c30-23-6-2-5-22(12-23)29-16-21-4-1-3-20-7-8-24(21)27-28-25(20)26-13-17-9-18(14-26)11-19(10-17)15-26/h1-6,12,17-20H,7-11,13-16,30H2/b3-1-,21-4-. The van der Waals surface area contributed by atoms with E-state index in [1.54, 1.807) is 0 Å². The lowest BCUT2D eigenvalue weighted by atomic mass is 9.47. The van der Waals surface area contributed by atoms with Crippen molar-refractivity contribution < 1.29 is 4.74 Å². The van der Waals surface area contributed by atoms with E-state index in [1.807, 2.05) is 12.1 Å². The summed E-state index contributed by atoms with van der Waals surface area (Å²) < 4.78 is 6.10. The number of nitrogens with zero attached hydrogens (tertiary/aromatic N) is 2. The lowest BCUT2D eigenvalue weighted by molar-refractivity contribution is -0.0144. The van der Waals surface area contributed by atoms with E-state index < -0.39 is 0 Å². The van der Waals surface area contributed by atoms with E-state index in [0.717, 1.165) is 52.9 Å². The number of benzene rings is 1. The highest BCUT2D eigenvalue weighted by Gasteiger charge is 2.54. The molecule has 6 bridgehead atoms. The summed E-state index contributed by atoms with van der Waals surface area (Å²) in [6.07, 6.45) is 17.5. The van der Waals surface area contributed by atoms with Crippen LogP contribution in [0.4, 0.5) is 0 Å². The van der Waals surface area contributed by atoms with Crippen molar-refractivity contribution in [1.29, 1.82) is 0 Å². The molecule has 3 nitrogen and oxygen atoms in total. The quantitative estimate of drug-likeness (QED) is 0.596. The Hall–Kier alpha value is -1.73. The molecule has 6 aliphatic rings. The number of rotatable bonds is 4. The molecule has 0 aromatic heterocycles. The van der Waals surface area contributed by atoms with Gasteiger partial charge in [0.1, 0.15) is 12.4 Å². The lowest BCUT2D eigenvalue weighted by Gasteiger charge is -2.57. The summed E-state index contributed by atoms with van der Waals surface area (Å²) in [4.78, 5) is 0. The van der Waals surface area contributed by atoms with Gasteiger partial charge in [-0.15, -0.1) is 9.24 Å². The molecule has 0 saturated heterocycles. The Bertz CT molecular complexity index is 938. The second-order valence-electron chi connectivity index (χ2n) is 10.3. The normalized spacial score (nSPS) is 39.3. The van der Waals surface area contributed by atoms with Gasteiger partial charge >= 0.3 is 0 Å². The van der Waals surface area contributed by atoms with Crippen LogP contribution in [-0.4, -0.2) is 18.0 Å². The Morgan fingerprint density at radius 3 is 2.53 bits per heavy atom. The zero-order chi connectivity index (χ0) is 20.1. The van der Waals surface area contributed by atoms with E-state index in [4.69, 9.17) is 14.9 Å². The molecule has 4 saturated carbocycles. The van der Waals surface area contributed by atoms with E-state index >= 15 is 0 Å². The predicted molar refractivity (Wildman–Crippen MR) is 127 cm³/mol. The predicted octanol–water partition coefficient (Wildman–Crippen LogP) is 5.49. The largest absolute Gasteiger partial charge is 0.489 e. The van der Waals surface area contributed by atoms with Gasteiger partial charge in [-0.3, -0.25) is 0 Å². The Labute approximate surface area is 182 Å². The average molecular weight is 419 g/mol. The van der Waals surface area contributed by atoms with Gasteiger partial charge in [-0.2, -0.15) is 10.2 Å². The Kier molecular flexibility index (Phi) is 4.71. The highest BCUT2D eigenvalue weighted by Crippen LogP contribution is 2.61. The van der Waals surface area contributed by atoms with E-state index in [-0.39, 0.29) is 0 Å². The highest BCUT2D eigenvalue weighted by atomic mass is 31.0. The first-order valence-electron chi connectivity index (χ1n) is 11.7. The second kappa shape index (κ2) is 7.45. The fraction of sp³-hybridized carbons (Fsp3) is 0.538. The molecule has 156 valence electrons. The van der Waals surface area contributed by atoms with Crippen molar-refractivity contribution in [2.45, 2.75) is 51.4 Å². The monoisotopic (exact) mass is 418 g/mol. The number of fused-ring (bicyclic) bond motifs is 3. The first-order chi connectivity index (χ1) is 14.7. The maximum absolute atomic E-state index is 6.10. The van der Waals surface area contributed by atoms with Crippen LogP contribution >= 0.6 is 9.24 Å². The van der Waals surface area contributed by atoms with Gasteiger partial charge in [-0.05, 0) is 86.6 Å². The van der Waals surface area contributed by atoms with Crippen LogP contribution in [0.1, 0.15) is 51.4 Å². The first-order valence-corrected chi connectivity index (χ1v) is 12.3. The minimum atomic E-state index is 0.336. The molecule has 4 heteroatoms. The van der Waals surface area contributed by atoms with Gasteiger partial charge in [-0.25, -0.2) is 0 Å². The minimum absolute atomic E-state index is 0.336. The van der Waals surface area contributed by atoms with Gasteiger partial charge in [0.05, 0.1) is 11.4 Å². The lowest BCUT2D eigenvalue weighted by Crippen LogP contribution is -2.51. The van der Waals surface area contributed by atoms with Gasteiger partial charge in [0.25, 0.3) is 0 Å². The fourth-order valence-corrected chi connectivity index (χ4v) is 7.58. The molecule has 0 spiro atoms. The van der Waals surface area contributed by atoms with Crippen molar-refractivity contribution in [2.24, 2.45) is 39.3 Å². The second-order valence-corrected chi connectivity index (χ2v) is 11.0. The molecule has 1 aliphatic heterocycles. The van der Waals surface area contributed by atoms with Crippen LogP contribution in [0.15, 0.2) is 58.3 Å². The number of ether oxygens (including phenoxy) is 1. The Morgan fingerprint density at radius 1 is 1.03 bits per heavy atom. The van der Waals surface area contributed by atoms with Crippen molar-refractivity contribution in [2.75, 3.05) is 6.61 Å². The van der Waals surface area contributed by atoms with Crippen LogP contribution in [-0.2, 0) is 0 Å². The number of hydrogen-bond donors (Lipinski definition) is 0. The molecule has 0 amide bonds. The van der Waals surface area contributed by atoms with Gasteiger partial charge < -0.3 is 4.74 Å². The van der Waals surface area contributed by atoms with Crippen molar-refractivity contribution >= 4 is 26.0 Å². The molecule has 4 fully saturated rings. The summed E-state index contributed by atoms with van der Waals surface area (Å²) in [7, 11) is 2.73. The van der Waals surface area contributed by atoms with Crippen LogP contribution in [0.2, 0.25) is 0 Å². The van der Waals surface area contributed by atoms with Crippen molar-refractivity contribution in [3.8, 4) is 5.75 Å². The summed E-state index contributed by atoms with van der Waals surface area (Å²) in [5.74, 6) is 4.18. The van der Waals surface area contributed by atoms with Gasteiger partial charge in [0, 0.05) is 16.9 Å². The zero-order valence-corrected chi connectivity index (χ0v) is 18.7. The molecule has 7 rings (SSSR count). The zero-order valence-electron chi connectivity index (χ0n) is 17.6. The van der Waals surface area contributed by atoms with Crippen LogP contribution in [0.3, 0.4) is 0 Å². The Balaban J connectivity index is 1.27. The molecule has 1 aromatic rings. The molecular formula is C26H31N2OP. The summed E-state index contributed by atoms with van der Waals surface area (Å²) >= 11 is 0.